The number of rotatable bonds is 5. The molecule has 8 heteroatoms. The average molecular weight is 281 g/mol. The van der Waals surface area contributed by atoms with Crippen LogP contribution in [-0.4, -0.2) is 48.6 Å². The number of amides is 1. The highest BCUT2D eigenvalue weighted by Crippen LogP contribution is 2.21. The zero-order valence-electron chi connectivity index (χ0n) is 9.37. The van der Waals surface area contributed by atoms with Gasteiger partial charge in [0, 0.05) is 18.2 Å². The van der Waals surface area contributed by atoms with Crippen LogP contribution in [0.4, 0.5) is 0 Å². The highest BCUT2D eigenvalue weighted by molar-refractivity contribution is 8.64. The first-order valence-electron chi connectivity index (χ1n) is 5.24. The number of thiol groups is 1. The van der Waals surface area contributed by atoms with E-state index in [4.69, 9.17) is 5.11 Å². The summed E-state index contributed by atoms with van der Waals surface area (Å²) in [7, 11) is -1.87. The summed E-state index contributed by atoms with van der Waals surface area (Å²) < 4.78 is 20.8. The molecule has 0 unspecified atom stereocenters. The van der Waals surface area contributed by atoms with Gasteiger partial charge in [0.1, 0.15) is 6.04 Å². The van der Waals surface area contributed by atoms with Gasteiger partial charge in [-0.1, -0.05) is 6.92 Å². The molecule has 1 aliphatic rings. The third kappa shape index (κ3) is 3.88. The smallest absolute Gasteiger partial charge is 0.326 e. The van der Waals surface area contributed by atoms with E-state index in [9.17, 15) is 18.0 Å². The minimum atomic E-state index is -2.56. The van der Waals surface area contributed by atoms with E-state index in [2.05, 4.69) is 0 Å². The van der Waals surface area contributed by atoms with E-state index in [0.717, 1.165) is 0 Å². The van der Waals surface area contributed by atoms with Crippen LogP contribution in [-0.2, 0) is 19.3 Å². The second kappa shape index (κ2) is 6.25. The maximum atomic E-state index is 11.9. The van der Waals surface area contributed by atoms with Crippen molar-refractivity contribution in [1.29, 1.82) is 0 Å². The lowest BCUT2D eigenvalue weighted by Gasteiger charge is -2.24. The molecule has 0 saturated carbocycles. The summed E-state index contributed by atoms with van der Waals surface area (Å²) in [5.41, 5.74) is 0. The zero-order chi connectivity index (χ0) is 13.0. The minimum absolute atomic E-state index is 0.167. The van der Waals surface area contributed by atoms with Gasteiger partial charge in [0.2, 0.25) is 5.91 Å². The fourth-order valence-corrected chi connectivity index (χ4v) is 3.34. The van der Waals surface area contributed by atoms with E-state index in [-0.39, 0.29) is 11.7 Å². The normalized spacial score (nSPS) is 21.8. The summed E-state index contributed by atoms with van der Waals surface area (Å²) in [5.74, 6) is -1.59. The van der Waals surface area contributed by atoms with Gasteiger partial charge in [-0.05, 0) is 23.6 Å². The van der Waals surface area contributed by atoms with Crippen molar-refractivity contribution in [2.24, 2.45) is 5.92 Å². The third-order valence-electron chi connectivity index (χ3n) is 2.67. The summed E-state index contributed by atoms with van der Waals surface area (Å²) in [6.45, 7) is 2.06. The Kier molecular flexibility index (Phi) is 5.26. The lowest BCUT2D eigenvalue weighted by Crippen LogP contribution is -2.43. The van der Waals surface area contributed by atoms with Crippen LogP contribution in [0.2, 0.25) is 0 Å². The van der Waals surface area contributed by atoms with Crippen molar-refractivity contribution >= 4 is 32.4 Å². The molecule has 1 rings (SSSR count). The lowest BCUT2D eigenvalue weighted by atomic mass is 10.1. The Morgan fingerprint density at radius 1 is 1.53 bits per heavy atom. The summed E-state index contributed by atoms with van der Waals surface area (Å²) in [6.07, 6.45) is 1.15. The number of hydrogen-bond acceptors (Lipinski definition) is 5. The Morgan fingerprint density at radius 2 is 2.18 bits per heavy atom. The predicted octanol–water partition coefficient (Wildman–Crippen LogP) is -0.0423. The zero-order valence-corrected chi connectivity index (χ0v) is 11.1. The molecule has 1 N–H and O–H groups in total. The number of carboxylic acid groups (broad SMARTS) is 1. The van der Waals surface area contributed by atoms with Crippen LogP contribution in [0.3, 0.4) is 0 Å². The Bertz CT molecular complexity index is 374. The molecule has 0 aromatic rings. The molecule has 0 aliphatic carbocycles. The summed E-state index contributed by atoms with van der Waals surface area (Å²) in [6, 6.07) is -0.754. The van der Waals surface area contributed by atoms with Gasteiger partial charge in [0.15, 0.2) is 9.74 Å². The van der Waals surface area contributed by atoms with Gasteiger partial charge >= 0.3 is 5.97 Å². The van der Waals surface area contributed by atoms with E-state index in [1.54, 1.807) is 6.92 Å². The molecule has 0 bridgehead atoms. The van der Waals surface area contributed by atoms with Crippen molar-refractivity contribution in [3.8, 4) is 0 Å². The largest absolute Gasteiger partial charge is 0.480 e. The highest BCUT2D eigenvalue weighted by atomic mass is 33.1. The molecule has 1 aliphatic heterocycles. The average Bonchev–Trinajstić information content (AvgIpc) is 2.73. The number of carbonyl (C=O) groups is 2. The molecule has 17 heavy (non-hydrogen) atoms. The second-order valence-corrected chi connectivity index (χ2v) is 6.66. The topological polar surface area (TPSA) is 91.8 Å². The predicted molar refractivity (Wildman–Crippen MR) is 64.3 cm³/mol. The number of nitrogens with zero attached hydrogens (tertiary/aromatic N) is 1. The third-order valence-corrected chi connectivity index (χ3v) is 4.61. The molecule has 6 nitrogen and oxygen atoms in total. The van der Waals surface area contributed by atoms with Gasteiger partial charge in [-0.25, -0.2) is 13.2 Å². The highest BCUT2D eigenvalue weighted by Gasteiger charge is 2.35. The molecule has 1 amide bonds. The summed E-state index contributed by atoms with van der Waals surface area (Å²) in [4.78, 5) is 24.2. The maximum absolute atomic E-state index is 11.9. The number of hydrogen-bond donors (Lipinski definition) is 2. The standard InChI is InChI=1S/C9H15NO5S2/c1-6(5-16-17(14)15)8(11)10-4-2-3-7(10)9(12)13/h6-7,17H,2-5H2,1H3,(H,12,13)/t6-,7-/m0/s1. The Hall–Kier alpha value is -0.760. The van der Waals surface area contributed by atoms with E-state index in [1.165, 1.54) is 4.90 Å². The van der Waals surface area contributed by atoms with Gasteiger partial charge in [0.05, 0.1) is 0 Å². The molecule has 2 atom stereocenters. The molecule has 98 valence electrons. The molecule has 0 aromatic carbocycles. The van der Waals surface area contributed by atoms with E-state index in [0.29, 0.717) is 30.2 Å². The van der Waals surface area contributed by atoms with Crippen LogP contribution in [0.5, 0.6) is 0 Å². The number of aliphatic carboxylic acids is 1. The SMILES string of the molecule is C[C@@H](CS[SH](=O)=O)C(=O)N1CCC[C@H]1C(=O)O. The van der Waals surface area contributed by atoms with E-state index < -0.39 is 27.7 Å². The Labute approximate surface area is 105 Å². The molecular weight excluding hydrogens is 266 g/mol. The van der Waals surface area contributed by atoms with Gasteiger partial charge in [0.25, 0.3) is 0 Å². The van der Waals surface area contributed by atoms with Crippen LogP contribution in [0.1, 0.15) is 19.8 Å². The Balaban J connectivity index is 2.59. The first kappa shape index (κ1) is 14.3. The molecule has 0 spiro atoms. The molecule has 0 radical (unpaired) electrons. The van der Waals surface area contributed by atoms with Crippen LogP contribution in [0.15, 0.2) is 0 Å². The quantitative estimate of drug-likeness (QED) is 0.542. The van der Waals surface area contributed by atoms with Crippen LogP contribution >= 0.6 is 10.8 Å². The fraction of sp³-hybridized carbons (Fsp3) is 0.778. The first-order valence-corrected chi connectivity index (χ1v) is 8.01. The Morgan fingerprint density at radius 3 is 2.71 bits per heavy atom. The second-order valence-electron chi connectivity index (χ2n) is 3.95. The minimum Gasteiger partial charge on any atom is -0.480 e. The molecular formula is C9H15NO5S2. The number of likely N-dealkylation sites (tertiary alicyclic amines) is 1. The van der Waals surface area contributed by atoms with Crippen molar-refractivity contribution in [1.82, 2.24) is 4.90 Å². The van der Waals surface area contributed by atoms with Gasteiger partial charge in [-0.2, -0.15) is 0 Å². The van der Waals surface area contributed by atoms with Crippen molar-refractivity contribution in [3.63, 3.8) is 0 Å². The molecule has 1 fully saturated rings. The first-order chi connectivity index (χ1) is 7.93. The summed E-state index contributed by atoms with van der Waals surface area (Å²) >= 11 is 0. The van der Waals surface area contributed by atoms with Crippen LogP contribution in [0, 0.1) is 5.92 Å². The van der Waals surface area contributed by atoms with Crippen LogP contribution < -0.4 is 0 Å². The van der Waals surface area contributed by atoms with E-state index in [1.807, 2.05) is 0 Å². The van der Waals surface area contributed by atoms with Crippen molar-refractivity contribution in [2.45, 2.75) is 25.8 Å². The van der Waals surface area contributed by atoms with Crippen molar-refractivity contribution < 1.29 is 23.1 Å². The van der Waals surface area contributed by atoms with Crippen LogP contribution in [0.25, 0.3) is 0 Å². The molecule has 1 saturated heterocycles. The molecule has 1 heterocycles. The molecule has 0 aromatic heterocycles. The fourth-order valence-electron chi connectivity index (χ4n) is 1.81. The van der Waals surface area contributed by atoms with Gasteiger partial charge in [-0.15, -0.1) is 0 Å². The number of carboxylic acids is 1. The maximum Gasteiger partial charge on any atom is 0.326 e. The monoisotopic (exact) mass is 281 g/mol. The van der Waals surface area contributed by atoms with Crippen molar-refractivity contribution in [2.75, 3.05) is 12.3 Å². The summed E-state index contributed by atoms with van der Waals surface area (Å²) in [5, 5.41) is 8.94. The van der Waals surface area contributed by atoms with Gasteiger partial charge in [-0.3, -0.25) is 4.79 Å². The van der Waals surface area contributed by atoms with Gasteiger partial charge < -0.3 is 10.0 Å². The van der Waals surface area contributed by atoms with Crippen molar-refractivity contribution in [3.05, 3.63) is 0 Å². The lowest BCUT2D eigenvalue weighted by molar-refractivity contribution is -0.149. The number of carbonyl (C=O) groups excluding carboxylic acids is 1. The van der Waals surface area contributed by atoms with E-state index >= 15 is 0 Å².